The molecule has 0 fully saturated rings. The highest BCUT2D eigenvalue weighted by atomic mass is 79.9. The summed E-state index contributed by atoms with van der Waals surface area (Å²) in [6.45, 7) is 0. The summed E-state index contributed by atoms with van der Waals surface area (Å²) in [6.07, 6.45) is 5.50. The second-order valence-electron chi connectivity index (χ2n) is 3.06. The van der Waals surface area contributed by atoms with Crippen molar-refractivity contribution in [1.82, 2.24) is 14.4 Å². The van der Waals surface area contributed by atoms with Gasteiger partial charge in [0.1, 0.15) is 0 Å². The molecule has 68 valence electrons. The lowest BCUT2D eigenvalue weighted by molar-refractivity contribution is 1.16. The fourth-order valence-electron chi connectivity index (χ4n) is 1.54. The Bertz CT molecular complexity index is 615. The van der Waals surface area contributed by atoms with Crippen molar-refractivity contribution in [2.75, 3.05) is 0 Å². The third-order valence-corrected chi connectivity index (χ3v) is 2.69. The molecule has 0 aliphatic carbocycles. The number of rotatable bonds is 0. The third kappa shape index (κ3) is 1.04. The summed E-state index contributed by atoms with van der Waals surface area (Å²) in [5.41, 5.74) is 1.11. The van der Waals surface area contributed by atoms with Crippen LogP contribution >= 0.6 is 15.9 Å². The molecule has 0 aliphatic rings. The number of hydrogen-bond donors (Lipinski definition) is 0. The number of aromatic nitrogens is 3. The van der Waals surface area contributed by atoms with Crippen molar-refractivity contribution in [2.24, 2.45) is 0 Å². The lowest BCUT2D eigenvalue weighted by atomic mass is 10.2. The largest absolute Gasteiger partial charge is 0.284 e. The van der Waals surface area contributed by atoms with Crippen LogP contribution in [-0.4, -0.2) is 14.4 Å². The van der Waals surface area contributed by atoms with E-state index in [0.717, 1.165) is 21.2 Å². The summed E-state index contributed by atoms with van der Waals surface area (Å²) < 4.78 is 3.03. The van der Waals surface area contributed by atoms with Crippen molar-refractivity contribution in [2.45, 2.75) is 0 Å². The average molecular weight is 248 g/mol. The Morgan fingerprint density at radius 3 is 3.07 bits per heavy atom. The van der Waals surface area contributed by atoms with E-state index < -0.39 is 0 Å². The monoisotopic (exact) mass is 247 g/mol. The Labute approximate surface area is 88.5 Å². The van der Waals surface area contributed by atoms with Gasteiger partial charge in [0.25, 0.3) is 0 Å². The molecular weight excluding hydrogens is 242 g/mol. The van der Waals surface area contributed by atoms with Crippen LogP contribution in [0.25, 0.3) is 16.7 Å². The van der Waals surface area contributed by atoms with Crippen LogP contribution in [0.4, 0.5) is 0 Å². The van der Waals surface area contributed by atoms with Crippen molar-refractivity contribution >= 4 is 32.6 Å². The number of fused-ring (bicyclic) bond motifs is 3. The first-order chi connectivity index (χ1) is 6.84. The molecule has 0 spiro atoms. The minimum absolute atomic E-state index is 0.732. The highest BCUT2D eigenvalue weighted by Crippen LogP contribution is 2.19. The normalized spacial score (nSPS) is 11.2. The van der Waals surface area contributed by atoms with E-state index >= 15 is 0 Å². The first kappa shape index (κ1) is 7.94. The van der Waals surface area contributed by atoms with Gasteiger partial charge < -0.3 is 0 Å². The minimum Gasteiger partial charge on any atom is -0.284 e. The summed E-state index contributed by atoms with van der Waals surface area (Å²) in [6, 6.07) is 6.10. The van der Waals surface area contributed by atoms with Gasteiger partial charge in [-0.2, -0.15) is 0 Å². The van der Waals surface area contributed by atoms with E-state index in [4.69, 9.17) is 0 Å². The Hall–Kier alpha value is -1.42. The summed E-state index contributed by atoms with van der Waals surface area (Å²) >= 11 is 3.45. The zero-order valence-corrected chi connectivity index (χ0v) is 8.77. The molecule has 3 aromatic rings. The highest BCUT2D eigenvalue weighted by Gasteiger charge is 2.01. The molecule has 0 saturated heterocycles. The molecule has 4 heteroatoms. The fourth-order valence-corrected chi connectivity index (χ4v) is 1.89. The molecule has 0 aliphatic heterocycles. The van der Waals surface area contributed by atoms with Crippen LogP contribution in [0.1, 0.15) is 0 Å². The van der Waals surface area contributed by atoms with Crippen LogP contribution in [0, 0.1) is 0 Å². The van der Waals surface area contributed by atoms with Crippen molar-refractivity contribution in [3.8, 4) is 0 Å². The Morgan fingerprint density at radius 1 is 1.21 bits per heavy atom. The Morgan fingerprint density at radius 2 is 2.14 bits per heavy atom. The van der Waals surface area contributed by atoms with Crippen LogP contribution < -0.4 is 0 Å². The van der Waals surface area contributed by atoms with Crippen LogP contribution in [0.15, 0.2) is 41.3 Å². The molecule has 0 amide bonds. The molecule has 14 heavy (non-hydrogen) atoms. The van der Waals surface area contributed by atoms with Crippen LogP contribution in [0.5, 0.6) is 0 Å². The van der Waals surface area contributed by atoms with Gasteiger partial charge in [0.05, 0.1) is 5.52 Å². The van der Waals surface area contributed by atoms with Gasteiger partial charge in [-0.25, -0.2) is 9.97 Å². The van der Waals surface area contributed by atoms with Gasteiger partial charge >= 0.3 is 0 Å². The molecule has 0 N–H and O–H groups in total. The maximum atomic E-state index is 4.24. The summed E-state index contributed by atoms with van der Waals surface area (Å²) in [4.78, 5) is 8.37. The number of benzene rings is 1. The summed E-state index contributed by atoms with van der Waals surface area (Å²) in [5.74, 6) is 0.732. The zero-order chi connectivity index (χ0) is 9.54. The number of nitrogens with zero attached hydrogens (tertiary/aromatic N) is 3. The van der Waals surface area contributed by atoms with Crippen molar-refractivity contribution < 1.29 is 0 Å². The summed E-state index contributed by atoms with van der Waals surface area (Å²) in [5, 5.41) is 1.11. The van der Waals surface area contributed by atoms with Crippen molar-refractivity contribution in [3.05, 3.63) is 41.3 Å². The molecular formula is C10H6BrN3. The van der Waals surface area contributed by atoms with Crippen LogP contribution in [-0.2, 0) is 0 Å². The zero-order valence-electron chi connectivity index (χ0n) is 7.18. The number of halogens is 1. The fraction of sp³-hybridized carbons (Fsp3) is 0. The third-order valence-electron chi connectivity index (χ3n) is 2.19. The summed E-state index contributed by atoms with van der Waals surface area (Å²) in [7, 11) is 0. The molecule has 0 unspecified atom stereocenters. The quantitative estimate of drug-likeness (QED) is 0.612. The topological polar surface area (TPSA) is 30.2 Å². The van der Waals surface area contributed by atoms with Crippen LogP contribution in [0.2, 0.25) is 0 Å². The second-order valence-corrected chi connectivity index (χ2v) is 3.97. The number of imidazole rings is 1. The maximum absolute atomic E-state index is 4.24. The van der Waals surface area contributed by atoms with E-state index in [0.29, 0.717) is 0 Å². The van der Waals surface area contributed by atoms with E-state index in [1.807, 2.05) is 28.9 Å². The van der Waals surface area contributed by atoms with E-state index in [2.05, 4.69) is 32.0 Å². The van der Waals surface area contributed by atoms with Gasteiger partial charge in [0.2, 0.25) is 5.78 Å². The SMILES string of the molecule is Brc1ccc2cnc3nccn3c2c1. The number of hydrogen-bond acceptors (Lipinski definition) is 2. The van der Waals surface area contributed by atoms with Gasteiger partial charge in [0, 0.05) is 28.4 Å². The van der Waals surface area contributed by atoms with Crippen molar-refractivity contribution in [3.63, 3.8) is 0 Å². The van der Waals surface area contributed by atoms with E-state index in [-0.39, 0.29) is 0 Å². The van der Waals surface area contributed by atoms with E-state index in [1.54, 1.807) is 6.20 Å². The van der Waals surface area contributed by atoms with Gasteiger partial charge in [-0.05, 0) is 12.1 Å². The van der Waals surface area contributed by atoms with Gasteiger partial charge in [-0.3, -0.25) is 4.40 Å². The Balaban J connectivity index is 2.60. The molecule has 2 heterocycles. The molecule has 0 radical (unpaired) electrons. The average Bonchev–Trinajstić information content (AvgIpc) is 2.65. The molecule has 2 aromatic heterocycles. The van der Waals surface area contributed by atoms with Crippen molar-refractivity contribution in [1.29, 1.82) is 0 Å². The lowest BCUT2D eigenvalue weighted by Crippen LogP contribution is -1.89. The molecule has 3 rings (SSSR count). The van der Waals surface area contributed by atoms with Crippen LogP contribution in [0.3, 0.4) is 0 Å². The van der Waals surface area contributed by atoms with E-state index in [1.165, 1.54) is 0 Å². The first-order valence-electron chi connectivity index (χ1n) is 4.22. The molecule has 1 aromatic carbocycles. The molecule has 0 saturated carbocycles. The predicted octanol–water partition coefficient (Wildman–Crippen LogP) is 2.65. The highest BCUT2D eigenvalue weighted by molar-refractivity contribution is 9.10. The van der Waals surface area contributed by atoms with Gasteiger partial charge in [0.15, 0.2) is 0 Å². The molecule has 0 atom stereocenters. The minimum atomic E-state index is 0.732. The second kappa shape index (κ2) is 2.78. The lowest BCUT2D eigenvalue weighted by Gasteiger charge is -2.00. The molecule has 3 nitrogen and oxygen atoms in total. The standard InChI is InChI=1S/C10H6BrN3/c11-8-2-1-7-6-13-10-12-3-4-14(10)9(7)5-8/h1-6H. The Kier molecular flexibility index (Phi) is 1.58. The maximum Gasteiger partial charge on any atom is 0.234 e. The molecule has 0 bridgehead atoms. The smallest absolute Gasteiger partial charge is 0.234 e. The predicted molar refractivity (Wildman–Crippen MR) is 58.2 cm³/mol. The van der Waals surface area contributed by atoms with E-state index in [9.17, 15) is 0 Å². The van der Waals surface area contributed by atoms with Gasteiger partial charge in [-0.15, -0.1) is 0 Å². The first-order valence-corrected chi connectivity index (χ1v) is 5.01. The van der Waals surface area contributed by atoms with Gasteiger partial charge in [-0.1, -0.05) is 22.0 Å².